The first-order valence-corrected chi connectivity index (χ1v) is 8.26. The highest BCUT2D eigenvalue weighted by atomic mass is 16.6. The Morgan fingerprint density at radius 3 is 2.55 bits per heavy atom. The van der Waals surface area contributed by atoms with Gasteiger partial charge in [0, 0.05) is 11.5 Å². The van der Waals surface area contributed by atoms with E-state index in [-0.39, 0.29) is 29.3 Å². The van der Waals surface area contributed by atoms with E-state index >= 15 is 0 Å². The monoisotopic (exact) mass is 294 g/mol. The number of ether oxygens (including phenoxy) is 1. The Morgan fingerprint density at radius 2 is 1.86 bits per heavy atom. The summed E-state index contributed by atoms with van der Waals surface area (Å²) in [5.41, 5.74) is 2.55. The third kappa shape index (κ3) is 2.07. The second-order valence-corrected chi connectivity index (χ2v) is 8.03. The van der Waals surface area contributed by atoms with Gasteiger partial charge < -0.3 is 4.74 Å². The maximum Gasteiger partial charge on any atom is 0.309 e. The van der Waals surface area contributed by atoms with Crippen LogP contribution in [-0.2, 0) is 14.9 Å². The molecule has 1 heterocycles. The zero-order valence-corrected chi connectivity index (χ0v) is 13.4. The molecule has 114 valence electrons. The highest BCUT2D eigenvalue weighted by Gasteiger charge is 2.61. The van der Waals surface area contributed by atoms with Crippen LogP contribution in [0.2, 0.25) is 0 Å². The van der Waals surface area contributed by atoms with E-state index in [9.17, 15) is 4.79 Å². The topological polar surface area (TPSA) is 26.3 Å². The van der Waals surface area contributed by atoms with E-state index in [1.807, 2.05) is 0 Å². The standard InChI is InChI=1S/C20H22O2/c1-20(2,3)14-7-4-12(5-8-14)6-9-15-13-10-16-17(11-13)19(21)22-18(15)16/h4-5,7-8,13,15-18H,10-11H2,1-3H3/t13-,15-,16+,17-,18+/m1/s1. The third-order valence-corrected chi connectivity index (χ3v) is 5.62. The van der Waals surface area contributed by atoms with E-state index in [2.05, 4.69) is 56.9 Å². The van der Waals surface area contributed by atoms with Crippen molar-refractivity contribution in [2.24, 2.45) is 23.7 Å². The molecule has 2 nitrogen and oxygen atoms in total. The molecule has 0 amide bonds. The van der Waals surface area contributed by atoms with Gasteiger partial charge in [-0.3, -0.25) is 4.79 Å². The van der Waals surface area contributed by atoms with Gasteiger partial charge in [0.2, 0.25) is 0 Å². The number of hydrogen-bond donors (Lipinski definition) is 0. The van der Waals surface area contributed by atoms with Gasteiger partial charge in [-0.05, 0) is 41.9 Å². The fourth-order valence-corrected chi connectivity index (χ4v) is 4.38. The van der Waals surface area contributed by atoms with Gasteiger partial charge in [0.05, 0.1) is 11.8 Å². The molecule has 5 atom stereocenters. The summed E-state index contributed by atoms with van der Waals surface area (Å²) >= 11 is 0. The Balaban J connectivity index is 1.54. The van der Waals surface area contributed by atoms with Gasteiger partial charge in [-0.15, -0.1) is 0 Å². The second kappa shape index (κ2) is 4.62. The molecule has 0 unspecified atom stereocenters. The molecular weight excluding hydrogens is 272 g/mol. The molecule has 2 heteroatoms. The summed E-state index contributed by atoms with van der Waals surface area (Å²) in [5, 5.41) is 0. The van der Waals surface area contributed by atoms with Gasteiger partial charge in [-0.1, -0.05) is 44.7 Å². The van der Waals surface area contributed by atoms with Crippen LogP contribution in [0.1, 0.15) is 44.7 Å². The van der Waals surface area contributed by atoms with Gasteiger partial charge >= 0.3 is 5.97 Å². The molecule has 0 N–H and O–H groups in total. The molecule has 1 aromatic rings. The van der Waals surface area contributed by atoms with E-state index in [0.717, 1.165) is 18.4 Å². The largest absolute Gasteiger partial charge is 0.460 e. The van der Waals surface area contributed by atoms with Crippen LogP contribution in [-0.4, -0.2) is 12.1 Å². The van der Waals surface area contributed by atoms with Crippen LogP contribution in [0.4, 0.5) is 0 Å². The van der Waals surface area contributed by atoms with Crippen LogP contribution in [0.5, 0.6) is 0 Å². The minimum atomic E-state index is 0.0244. The molecular formula is C20H22O2. The zero-order valence-electron chi connectivity index (χ0n) is 13.4. The molecule has 3 fully saturated rings. The minimum Gasteiger partial charge on any atom is -0.460 e. The molecule has 0 spiro atoms. The van der Waals surface area contributed by atoms with Gasteiger partial charge in [0.25, 0.3) is 0 Å². The van der Waals surface area contributed by atoms with Gasteiger partial charge in [-0.2, -0.15) is 0 Å². The first-order valence-electron chi connectivity index (χ1n) is 8.26. The van der Waals surface area contributed by atoms with Crippen molar-refractivity contribution < 1.29 is 9.53 Å². The molecule has 3 aliphatic rings. The number of carbonyl (C=O) groups is 1. The van der Waals surface area contributed by atoms with Crippen molar-refractivity contribution in [1.29, 1.82) is 0 Å². The van der Waals surface area contributed by atoms with E-state index < -0.39 is 0 Å². The van der Waals surface area contributed by atoms with Crippen LogP contribution in [0.3, 0.4) is 0 Å². The molecule has 4 rings (SSSR count). The van der Waals surface area contributed by atoms with Crippen molar-refractivity contribution in [3.8, 4) is 11.8 Å². The summed E-state index contributed by atoms with van der Waals surface area (Å²) in [6.45, 7) is 6.65. The first-order chi connectivity index (χ1) is 10.4. The third-order valence-electron chi connectivity index (χ3n) is 5.62. The number of carbonyl (C=O) groups excluding carboxylic acids is 1. The summed E-state index contributed by atoms with van der Waals surface area (Å²) in [6.07, 6.45) is 2.18. The normalized spacial score (nSPS) is 35.2. The van der Waals surface area contributed by atoms with Crippen molar-refractivity contribution >= 4 is 5.97 Å². The number of fused-ring (bicyclic) bond motifs is 1. The average Bonchev–Trinajstić information content (AvgIpc) is 3.08. The van der Waals surface area contributed by atoms with Crippen molar-refractivity contribution in [2.45, 2.75) is 45.1 Å². The van der Waals surface area contributed by atoms with Crippen LogP contribution < -0.4 is 0 Å². The van der Waals surface area contributed by atoms with Crippen LogP contribution >= 0.6 is 0 Å². The minimum absolute atomic E-state index is 0.0244. The Hall–Kier alpha value is -1.75. The van der Waals surface area contributed by atoms with Gasteiger partial charge in [0.15, 0.2) is 0 Å². The lowest BCUT2D eigenvalue weighted by molar-refractivity contribution is -0.143. The molecule has 2 saturated carbocycles. The fourth-order valence-electron chi connectivity index (χ4n) is 4.38. The van der Waals surface area contributed by atoms with E-state index in [1.165, 1.54) is 5.56 Å². The van der Waals surface area contributed by atoms with Crippen LogP contribution in [0.15, 0.2) is 24.3 Å². The van der Waals surface area contributed by atoms with Crippen molar-refractivity contribution in [3.05, 3.63) is 35.4 Å². The van der Waals surface area contributed by atoms with Gasteiger partial charge in [-0.25, -0.2) is 0 Å². The number of hydrogen-bond acceptors (Lipinski definition) is 2. The Morgan fingerprint density at radius 1 is 1.14 bits per heavy atom. The maximum absolute atomic E-state index is 11.8. The predicted molar refractivity (Wildman–Crippen MR) is 85.1 cm³/mol. The van der Waals surface area contributed by atoms with Crippen LogP contribution in [0.25, 0.3) is 0 Å². The lowest BCUT2D eigenvalue weighted by atomic mass is 9.82. The zero-order chi connectivity index (χ0) is 15.5. The Labute approximate surface area is 132 Å². The summed E-state index contributed by atoms with van der Waals surface area (Å²) in [4.78, 5) is 11.8. The molecule has 0 radical (unpaired) electrons. The predicted octanol–water partition coefficient (Wildman–Crippen LogP) is 3.53. The molecule has 22 heavy (non-hydrogen) atoms. The maximum atomic E-state index is 11.8. The molecule has 0 aromatic heterocycles. The lowest BCUT2D eigenvalue weighted by Crippen LogP contribution is -2.25. The number of rotatable bonds is 0. The molecule has 2 aliphatic carbocycles. The summed E-state index contributed by atoms with van der Waals surface area (Å²) in [7, 11) is 0. The smallest absolute Gasteiger partial charge is 0.309 e. The van der Waals surface area contributed by atoms with Crippen molar-refractivity contribution in [2.75, 3.05) is 0 Å². The fraction of sp³-hybridized carbons (Fsp3) is 0.550. The molecule has 2 bridgehead atoms. The summed E-state index contributed by atoms with van der Waals surface area (Å²) in [5.74, 6) is 8.17. The second-order valence-electron chi connectivity index (χ2n) is 8.03. The average molecular weight is 294 g/mol. The Kier molecular flexibility index (Phi) is 2.92. The number of benzene rings is 1. The van der Waals surface area contributed by atoms with Crippen molar-refractivity contribution in [3.63, 3.8) is 0 Å². The highest BCUT2D eigenvalue weighted by Crippen LogP contribution is 2.57. The van der Waals surface area contributed by atoms with Crippen molar-refractivity contribution in [1.82, 2.24) is 0 Å². The van der Waals surface area contributed by atoms with E-state index in [1.54, 1.807) is 0 Å². The summed E-state index contributed by atoms with van der Waals surface area (Å²) < 4.78 is 5.56. The first kappa shape index (κ1) is 13.9. The lowest BCUT2D eigenvalue weighted by Gasteiger charge is -2.20. The molecule has 1 saturated heterocycles. The van der Waals surface area contributed by atoms with E-state index in [0.29, 0.717) is 11.8 Å². The van der Waals surface area contributed by atoms with Gasteiger partial charge in [0.1, 0.15) is 6.10 Å². The van der Waals surface area contributed by atoms with Crippen LogP contribution in [0, 0.1) is 35.5 Å². The summed E-state index contributed by atoms with van der Waals surface area (Å²) in [6, 6.07) is 8.53. The number of esters is 1. The van der Waals surface area contributed by atoms with E-state index in [4.69, 9.17) is 4.74 Å². The molecule has 1 aliphatic heterocycles. The molecule has 1 aromatic carbocycles. The SMILES string of the molecule is CC(C)(C)c1ccc(C#C[C@@H]2[C@@H]3C[C@@H]4[C@H]2OC(=O)[C@@H]4C3)cc1. The Bertz CT molecular complexity index is 668. The highest BCUT2D eigenvalue weighted by molar-refractivity contribution is 5.76. The quantitative estimate of drug-likeness (QED) is 0.540.